The van der Waals surface area contributed by atoms with Gasteiger partial charge in [0.25, 0.3) is 0 Å². The third kappa shape index (κ3) is 4.47. The van der Waals surface area contributed by atoms with Crippen LogP contribution in [-0.4, -0.2) is 0 Å². The van der Waals surface area contributed by atoms with Crippen LogP contribution < -0.4 is 0 Å². The predicted octanol–water partition coefficient (Wildman–Crippen LogP) is 12.2. The van der Waals surface area contributed by atoms with Crippen LogP contribution in [0.3, 0.4) is 0 Å². The second-order valence-corrected chi connectivity index (χ2v) is 12.1. The molecule has 0 heterocycles. The van der Waals surface area contributed by atoms with E-state index < -0.39 is 0 Å². The first kappa shape index (κ1) is 26.4. The molecule has 7 aromatic rings. The second kappa shape index (κ2) is 10.9. The van der Waals surface area contributed by atoms with Gasteiger partial charge < -0.3 is 0 Å². The Labute approximate surface area is 270 Å². The van der Waals surface area contributed by atoms with Crippen molar-refractivity contribution >= 4 is 23.3 Å². The lowest BCUT2D eigenvalue weighted by Gasteiger charge is -2.09. The SMILES string of the molecule is C(=C1\c2cc(-c3ccccc3)ccc2-c2cc3c(cc21)-c1ccc(-c2ccccc2)cc1/C3=C/c1ccccc1)/c1ccccc1. The predicted molar refractivity (Wildman–Crippen MR) is 195 cm³/mol. The maximum Gasteiger partial charge on any atom is -0.00921 e. The smallest absolute Gasteiger partial charge is 0.00921 e. The van der Waals surface area contributed by atoms with Crippen LogP contribution >= 0.6 is 0 Å². The van der Waals surface area contributed by atoms with Crippen molar-refractivity contribution in [1.82, 2.24) is 0 Å². The average Bonchev–Trinajstić information content (AvgIpc) is 3.59. The quantitative estimate of drug-likeness (QED) is 0.194. The first-order chi connectivity index (χ1) is 22.8. The molecule has 0 atom stereocenters. The minimum atomic E-state index is 1.21. The van der Waals surface area contributed by atoms with E-state index in [1.54, 1.807) is 0 Å². The van der Waals surface area contributed by atoms with Gasteiger partial charge in [-0.05, 0) is 125 Å². The van der Waals surface area contributed by atoms with E-state index in [9.17, 15) is 0 Å². The first-order valence-electron chi connectivity index (χ1n) is 15.9. The summed E-state index contributed by atoms with van der Waals surface area (Å²) in [5, 5.41) is 0. The van der Waals surface area contributed by atoms with Gasteiger partial charge in [0.2, 0.25) is 0 Å². The molecule has 0 aromatic heterocycles. The summed E-state index contributed by atoms with van der Waals surface area (Å²) >= 11 is 0. The van der Waals surface area contributed by atoms with E-state index in [-0.39, 0.29) is 0 Å². The minimum absolute atomic E-state index is 1.21. The molecule has 0 aliphatic heterocycles. The van der Waals surface area contributed by atoms with E-state index in [1.807, 2.05) is 0 Å². The normalized spacial score (nSPS) is 14.2. The molecule has 0 radical (unpaired) electrons. The van der Waals surface area contributed by atoms with Gasteiger partial charge in [0.05, 0.1) is 0 Å². The van der Waals surface area contributed by atoms with E-state index in [0.29, 0.717) is 0 Å². The Bertz CT molecular complexity index is 2140. The molecule has 0 bridgehead atoms. The zero-order valence-electron chi connectivity index (χ0n) is 25.3. The molecule has 0 saturated carbocycles. The zero-order valence-corrected chi connectivity index (χ0v) is 25.3. The van der Waals surface area contributed by atoms with Gasteiger partial charge >= 0.3 is 0 Å². The van der Waals surface area contributed by atoms with E-state index in [1.165, 1.54) is 89.0 Å². The lowest BCUT2D eigenvalue weighted by Crippen LogP contribution is -1.87. The van der Waals surface area contributed by atoms with Gasteiger partial charge in [-0.1, -0.05) is 146 Å². The molecule has 214 valence electrons. The summed E-state index contributed by atoms with van der Waals surface area (Å²) in [4.78, 5) is 0. The molecule has 0 heteroatoms. The molecule has 2 aliphatic rings. The van der Waals surface area contributed by atoms with Gasteiger partial charge in [-0.25, -0.2) is 0 Å². The molecule has 2 aliphatic carbocycles. The molecule has 9 rings (SSSR count). The fraction of sp³-hybridized carbons (Fsp3) is 0. The van der Waals surface area contributed by atoms with Crippen LogP contribution in [0.4, 0.5) is 0 Å². The van der Waals surface area contributed by atoms with Crippen LogP contribution in [0.2, 0.25) is 0 Å². The van der Waals surface area contributed by atoms with Gasteiger partial charge in [-0.3, -0.25) is 0 Å². The van der Waals surface area contributed by atoms with E-state index in [4.69, 9.17) is 0 Å². The maximum absolute atomic E-state index is 2.45. The van der Waals surface area contributed by atoms with Crippen molar-refractivity contribution in [1.29, 1.82) is 0 Å². The summed E-state index contributed by atoms with van der Waals surface area (Å²) < 4.78 is 0. The first-order valence-corrected chi connectivity index (χ1v) is 15.9. The summed E-state index contributed by atoms with van der Waals surface area (Å²) in [6.45, 7) is 0. The summed E-state index contributed by atoms with van der Waals surface area (Å²) in [5.41, 5.74) is 20.3. The molecule has 0 saturated heterocycles. The summed E-state index contributed by atoms with van der Waals surface area (Å²) in [6, 6.07) is 61.7. The highest BCUT2D eigenvalue weighted by Crippen LogP contribution is 2.53. The summed E-state index contributed by atoms with van der Waals surface area (Å²) in [7, 11) is 0. The number of hydrogen-bond donors (Lipinski definition) is 0. The maximum atomic E-state index is 2.45. The van der Waals surface area contributed by atoms with Gasteiger partial charge in [0.1, 0.15) is 0 Å². The van der Waals surface area contributed by atoms with E-state index in [2.05, 4.69) is 182 Å². The number of fused-ring (bicyclic) bond motifs is 6. The highest BCUT2D eigenvalue weighted by molar-refractivity contribution is 6.13. The Kier molecular flexibility index (Phi) is 6.25. The molecule has 0 amide bonds. The zero-order chi connectivity index (χ0) is 30.5. The number of benzene rings is 7. The van der Waals surface area contributed by atoms with Crippen LogP contribution in [-0.2, 0) is 0 Å². The van der Waals surface area contributed by atoms with Crippen LogP contribution in [0.15, 0.2) is 170 Å². The average molecular weight is 583 g/mol. The number of hydrogen-bond acceptors (Lipinski definition) is 0. The standard InChI is InChI=1S/C46H30/c1-5-13-31(14-6-1)25-39-41-27-35(33-17-9-3-10-18-33)21-23-37(41)43-30-46-40(26-32-15-7-2-8-16-32)42-28-36(34-19-11-4-12-20-34)22-24-38(42)44(46)29-45(39)43/h1-30H/b39-25-,40-26-. The third-order valence-corrected chi connectivity index (χ3v) is 9.37. The van der Waals surface area contributed by atoms with Crippen molar-refractivity contribution in [3.63, 3.8) is 0 Å². The van der Waals surface area contributed by atoms with Crippen LogP contribution in [0.1, 0.15) is 33.4 Å². The molecular weight excluding hydrogens is 553 g/mol. The Morgan fingerprint density at radius 1 is 0.239 bits per heavy atom. The van der Waals surface area contributed by atoms with E-state index >= 15 is 0 Å². The lowest BCUT2D eigenvalue weighted by atomic mass is 9.94. The Morgan fingerprint density at radius 3 is 0.978 bits per heavy atom. The van der Waals surface area contributed by atoms with E-state index in [0.717, 1.165) is 0 Å². The van der Waals surface area contributed by atoms with Gasteiger partial charge in [-0.2, -0.15) is 0 Å². The second-order valence-electron chi connectivity index (χ2n) is 12.1. The fourth-order valence-corrected chi connectivity index (χ4v) is 7.15. The van der Waals surface area contributed by atoms with Crippen LogP contribution in [0.5, 0.6) is 0 Å². The molecule has 46 heavy (non-hydrogen) atoms. The topological polar surface area (TPSA) is 0 Å². The van der Waals surface area contributed by atoms with Crippen LogP contribution in [0, 0.1) is 0 Å². The monoisotopic (exact) mass is 582 g/mol. The van der Waals surface area contributed by atoms with Crippen molar-refractivity contribution in [2.24, 2.45) is 0 Å². The molecule has 0 spiro atoms. The van der Waals surface area contributed by atoms with Crippen molar-refractivity contribution in [2.75, 3.05) is 0 Å². The van der Waals surface area contributed by atoms with Crippen molar-refractivity contribution in [3.05, 3.63) is 203 Å². The molecule has 0 fully saturated rings. The summed E-state index contributed by atoms with van der Waals surface area (Å²) in [6.07, 6.45) is 4.72. The van der Waals surface area contributed by atoms with Crippen molar-refractivity contribution in [3.8, 4) is 44.5 Å². The van der Waals surface area contributed by atoms with Crippen molar-refractivity contribution < 1.29 is 0 Å². The number of rotatable bonds is 4. The lowest BCUT2D eigenvalue weighted by molar-refractivity contribution is 1.59. The molecular formula is C46H30. The van der Waals surface area contributed by atoms with Gasteiger partial charge in [-0.15, -0.1) is 0 Å². The highest BCUT2D eigenvalue weighted by atomic mass is 14.3. The van der Waals surface area contributed by atoms with Gasteiger partial charge in [0, 0.05) is 0 Å². The van der Waals surface area contributed by atoms with Crippen LogP contribution in [0.25, 0.3) is 67.8 Å². The Hall–Kier alpha value is -5.98. The fourth-order valence-electron chi connectivity index (χ4n) is 7.15. The molecule has 0 N–H and O–H groups in total. The molecule has 0 nitrogen and oxygen atoms in total. The Balaban J connectivity index is 1.28. The largest absolute Gasteiger partial charge is 0.0622 e. The highest BCUT2D eigenvalue weighted by Gasteiger charge is 2.31. The minimum Gasteiger partial charge on any atom is -0.0622 e. The third-order valence-electron chi connectivity index (χ3n) is 9.37. The Morgan fingerprint density at radius 2 is 0.587 bits per heavy atom. The molecule has 0 unspecified atom stereocenters. The van der Waals surface area contributed by atoms with Gasteiger partial charge in [0.15, 0.2) is 0 Å². The van der Waals surface area contributed by atoms with Crippen molar-refractivity contribution in [2.45, 2.75) is 0 Å². The summed E-state index contributed by atoms with van der Waals surface area (Å²) in [5.74, 6) is 0. The molecule has 7 aromatic carbocycles.